The monoisotopic (exact) mass is 495 g/mol. The Morgan fingerprint density at radius 2 is 2.14 bits per heavy atom. The van der Waals surface area contributed by atoms with Crippen LogP contribution in [0.1, 0.15) is 54.1 Å². The Balaban J connectivity index is 1.68. The number of aliphatic hydroxyl groups is 1. The molecule has 2 N–H and O–H groups in total. The van der Waals surface area contributed by atoms with Crippen LogP contribution in [0.3, 0.4) is 0 Å². The number of carbonyl (C=O) groups is 2. The molecule has 0 bridgehead atoms. The summed E-state index contributed by atoms with van der Waals surface area (Å²) in [5.41, 5.74) is 1.67. The fourth-order valence-corrected chi connectivity index (χ4v) is 6.74. The standard InChI is InChI=1S/C25H22FN3O5S/c1-4-25(33)14-5-18-21-12(7-29(18)23(31)13(14)8-34-24(25)32)19-17(27-11(3)30)9-35-22-10(2)15(26)6-16(28-21)20(19)22/h5-6,17,33H,4,7-9H2,1-3H3,(H,27,30)/t17?,25-/m0/s1. The van der Waals surface area contributed by atoms with Crippen molar-refractivity contribution in [1.82, 2.24) is 14.9 Å². The second-order valence-corrected chi connectivity index (χ2v) is 10.3. The maximum atomic E-state index is 14.8. The molecule has 1 aromatic carbocycles. The molecule has 0 saturated carbocycles. The molecule has 0 saturated heterocycles. The van der Waals surface area contributed by atoms with Gasteiger partial charge in [0.25, 0.3) is 5.56 Å². The van der Waals surface area contributed by atoms with Crippen LogP contribution in [0.5, 0.6) is 0 Å². The van der Waals surface area contributed by atoms with Crippen LogP contribution >= 0.6 is 11.8 Å². The van der Waals surface area contributed by atoms with Crippen LogP contribution in [0.4, 0.5) is 4.39 Å². The summed E-state index contributed by atoms with van der Waals surface area (Å²) in [5, 5.41) is 14.9. The van der Waals surface area contributed by atoms with Gasteiger partial charge in [0.2, 0.25) is 5.91 Å². The van der Waals surface area contributed by atoms with E-state index in [2.05, 4.69) is 5.32 Å². The minimum absolute atomic E-state index is 0.0423. The number of nitrogens with one attached hydrogen (secondary N) is 1. The zero-order valence-electron chi connectivity index (χ0n) is 19.3. The molecule has 35 heavy (non-hydrogen) atoms. The Bertz CT molecular complexity index is 1570. The Hall–Kier alpha value is -3.24. The molecule has 1 amide bonds. The Labute approximate surface area is 203 Å². The van der Waals surface area contributed by atoms with E-state index < -0.39 is 11.6 Å². The number of benzene rings is 1. The zero-order valence-corrected chi connectivity index (χ0v) is 20.1. The molecule has 0 aliphatic carbocycles. The summed E-state index contributed by atoms with van der Waals surface area (Å²) >= 11 is 1.48. The molecule has 10 heteroatoms. The van der Waals surface area contributed by atoms with Crippen LogP contribution in [0.15, 0.2) is 21.8 Å². The van der Waals surface area contributed by atoms with Gasteiger partial charge >= 0.3 is 5.97 Å². The maximum absolute atomic E-state index is 14.8. The van der Waals surface area contributed by atoms with Gasteiger partial charge in [-0.3, -0.25) is 9.59 Å². The SMILES string of the molecule is CC[C@@]1(O)C(=O)OCc2c1cc1n(c2=O)Cc2c-1nc1cc(F)c(C)c3c1c2C(NC(C)=O)CS3. The van der Waals surface area contributed by atoms with E-state index in [0.29, 0.717) is 28.2 Å². The summed E-state index contributed by atoms with van der Waals surface area (Å²) < 4.78 is 21.5. The molecule has 180 valence electrons. The van der Waals surface area contributed by atoms with Gasteiger partial charge in [-0.2, -0.15) is 0 Å². The van der Waals surface area contributed by atoms with E-state index >= 15 is 0 Å². The lowest BCUT2D eigenvalue weighted by Gasteiger charge is -2.31. The van der Waals surface area contributed by atoms with Gasteiger partial charge in [0, 0.05) is 40.2 Å². The number of thioether (sulfide) groups is 1. The molecule has 6 rings (SSSR count). The lowest BCUT2D eigenvalue weighted by atomic mass is 9.86. The molecule has 0 radical (unpaired) electrons. The highest BCUT2D eigenvalue weighted by Gasteiger charge is 2.46. The van der Waals surface area contributed by atoms with Crippen molar-refractivity contribution < 1.29 is 23.8 Å². The Morgan fingerprint density at radius 3 is 2.86 bits per heavy atom. The number of ether oxygens (including phenoxy) is 1. The van der Waals surface area contributed by atoms with E-state index in [1.807, 2.05) is 0 Å². The molecule has 2 atom stereocenters. The lowest BCUT2D eigenvalue weighted by molar-refractivity contribution is -0.172. The number of hydrogen-bond acceptors (Lipinski definition) is 7. The second kappa shape index (κ2) is 7.38. The number of nitrogens with zero attached hydrogens (tertiary/aromatic N) is 2. The molecule has 0 fully saturated rings. The number of hydrogen-bond donors (Lipinski definition) is 2. The molecule has 8 nitrogen and oxygen atoms in total. The molecule has 3 aliphatic heterocycles. The lowest BCUT2D eigenvalue weighted by Crippen LogP contribution is -2.44. The van der Waals surface area contributed by atoms with Crippen molar-refractivity contribution in [3.8, 4) is 11.4 Å². The van der Waals surface area contributed by atoms with E-state index in [-0.39, 0.29) is 54.0 Å². The van der Waals surface area contributed by atoms with Crippen molar-refractivity contribution in [2.24, 2.45) is 0 Å². The first-order chi connectivity index (χ1) is 16.7. The predicted molar refractivity (Wildman–Crippen MR) is 127 cm³/mol. The van der Waals surface area contributed by atoms with Gasteiger partial charge in [-0.05, 0) is 30.5 Å². The highest BCUT2D eigenvalue weighted by molar-refractivity contribution is 7.99. The fraction of sp³-hybridized carbons (Fsp3) is 0.360. The van der Waals surface area contributed by atoms with Crippen LogP contribution in [-0.4, -0.2) is 32.3 Å². The number of fused-ring (bicyclic) bond motifs is 5. The largest absolute Gasteiger partial charge is 0.458 e. The first-order valence-corrected chi connectivity index (χ1v) is 12.4. The first-order valence-electron chi connectivity index (χ1n) is 11.4. The normalized spacial score (nSPS) is 21.9. The van der Waals surface area contributed by atoms with Crippen molar-refractivity contribution in [1.29, 1.82) is 0 Å². The molecule has 5 heterocycles. The molecule has 0 spiro atoms. The Kier molecular flexibility index (Phi) is 4.69. The van der Waals surface area contributed by atoms with E-state index in [4.69, 9.17) is 9.72 Å². The van der Waals surface area contributed by atoms with E-state index in [0.717, 1.165) is 21.4 Å². The number of esters is 1. The van der Waals surface area contributed by atoms with Gasteiger partial charge < -0.3 is 19.7 Å². The predicted octanol–water partition coefficient (Wildman–Crippen LogP) is 2.81. The number of amides is 1. The summed E-state index contributed by atoms with van der Waals surface area (Å²) in [5.74, 6) is -0.840. The highest BCUT2D eigenvalue weighted by Crippen LogP contribution is 2.48. The molecular weight excluding hydrogens is 473 g/mol. The number of pyridine rings is 2. The fourth-order valence-electron chi connectivity index (χ4n) is 5.48. The molecule has 1 unspecified atom stereocenters. The highest BCUT2D eigenvalue weighted by atomic mass is 32.2. The van der Waals surface area contributed by atoms with E-state index in [1.165, 1.54) is 24.8 Å². The van der Waals surface area contributed by atoms with Gasteiger partial charge in [0.15, 0.2) is 5.60 Å². The summed E-state index contributed by atoms with van der Waals surface area (Å²) in [7, 11) is 0. The average Bonchev–Trinajstić information content (AvgIpc) is 3.19. The smallest absolute Gasteiger partial charge is 0.343 e. The third-order valence-corrected chi connectivity index (χ3v) is 8.58. The average molecular weight is 496 g/mol. The zero-order chi connectivity index (χ0) is 24.8. The molecular formula is C25H22FN3O5S. The molecule has 2 aromatic heterocycles. The summed E-state index contributed by atoms with van der Waals surface area (Å²) in [6.07, 6.45) is 0.0423. The van der Waals surface area contributed by atoms with Gasteiger partial charge in [0.05, 0.1) is 35.1 Å². The quantitative estimate of drug-likeness (QED) is 0.412. The minimum Gasteiger partial charge on any atom is -0.458 e. The topological polar surface area (TPSA) is 111 Å². The van der Waals surface area contributed by atoms with Crippen LogP contribution < -0.4 is 10.9 Å². The van der Waals surface area contributed by atoms with Gasteiger partial charge in [0.1, 0.15) is 12.4 Å². The summed E-state index contributed by atoms with van der Waals surface area (Å²) in [4.78, 5) is 43.5. The van der Waals surface area contributed by atoms with Gasteiger partial charge in [-0.25, -0.2) is 14.2 Å². The van der Waals surface area contributed by atoms with E-state index in [9.17, 15) is 23.9 Å². The van der Waals surface area contributed by atoms with E-state index in [1.54, 1.807) is 24.5 Å². The summed E-state index contributed by atoms with van der Waals surface area (Å²) in [6, 6.07) is 2.67. The van der Waals surface area contributed by atoms with Gasteiger partial charge in [-0.15, -0.1) is 11.8 Å². The molecule has 3 aliphatic rings. The van der Waals surface area contributed by atoms with Gasteiger partial charge in [-0.1, -0.05) is 6.92 Å². The number of cyclic esters (lactones) is 1. The van der Waals surface area contributed by atoms with Crippen molar-refractivity contribution in [3.63, 3.8) is 0 Å². The van der Waals surface area contributed by atoms with Crippen molar-refractivity contribution in [3.05, 3.63) is 56.1 Å². The van der Waals surface area contributed by atoms with Crippen molar-refractivity contribution >= 4 is 34.5 Å². The Morgan fingerprint density at radius 1 is 1.37 bits per heavy atom. The van der Waals surface area contributed by atoms with Crippen LogP contribution in [-0.2, 0) is 33.1 Å². The van der Waals surface area contributed by atoms with Crippen LogP contribution in [0, 0.1) is 12.7 Å². The van der Waals surface area contributed by atoms with Crippen LogP contribution in [0.2, 0.25) is 0 Å². The van der Waals surface area contributed by atoms with Crippen molar-refractivity contribution in [2.75, 3.05) is 5.75 Å². The maximum Gasteiger partial charge on any atom is 0.343 e. The first kappa shape index (κ1) is 22.2. The van der Waals surface area contributed by atoms with Crippen LogP contribution in [0.25, 0.3) is 22.3 Å². The summed E-state index contributed by atoms with van der Waals surface area (Å²) in [6.45, 7) is 4.82. The minimum atomic E-state index is -1.93. The number of rotatable bonds is 2. The third kappa shape index (κ3) is 2.89. The second-order valence-electron chi connectivity index (χ2n) is 9.23. The van der Waals surface area contributed by atoms with Crippen molar-refractivity contribution in [2.45, 2.75) is 56.9 Å². The number of aromatic nitrogens is 2. The number of halogens is 1. The molecule has 3 aromatic rings. The third-order valence-electron chi connectivity index (χ3n) is 7.28. The number of carbonyl (C=O) groups excluding carboxylic acids is 2.